The van der Waals surface area contributed by atoms with Crippen molar-refractivity contribution in [1.82, 2.24) is 0 Å². The first-order valence-electron chi connectivity index (χ1n) is 5.76. The summed E-state index contributed by atoms with van der Waals surface area (Å²) in [5.74, 6) is 0.0197. The molecule has 0 aliphatic carbocycles. The van der Waals surface area contributed by atoms with Crippen LogP contribution in [0.15, 0.2) is 0 Å². The van der Waals surface area contributed by atoms with Gasteiger partial charge in [0, 0.05) is 10.9 Å². The van der Waals surface area contributed by atoms with Gasteiger partial charge in [-0.25, -0.2) is 0 Å². The zero-order valence-electron chi connectivity index (χ0n) is 10.4. The molecule has 6 atom stereocenters. The largest absolute Gasteiger partial charge is 0.815 e. The van der Waals surface area contributed by atoms with Gasteiger partial charge in [-0.3, -0.25) is 0 Å². The summed E-state index contributed by atoms with van der Waals surface area (Å²) < 4.78 is 35.4. The molecule has 1 aliphatic heterocycles. The summed E-state index contributed by atoms with van der Waals surface area (Å²) in [7, 11) is -0.794. The maximum atomic E-state index is 10.4. The summed E-state index contributed by atoms with van der Waals surface area (Å²) in [5, 5.41) is 46.3. The van der Waals surface area contributed by atoms with E-state index in [0.29, 0.717) is 0 Å². The molecule has 1 heterocycles. The summed E-state index contributed by atoms with van der Waals surface area (Å²) in [6.45, 7) is -1.28. The molecule has 0 aromatic rings. The average Bonchev–Trinajstić information content (AvgIpc) is 2.60. The van der Waals surface area contributed by atoms with E-state index >= 15 is 0 Å². The zero-order valence-corrected chi connectivity index (χ0v) is 12.0. The predicted molar refractivity (Wildman–Crippen MR) is 67.9 cm³/mol. The molecule has 0 amide bonds. The fourth-order valence-electron chi connectivity index (χ4n) is 1.99. The number of aliphatic hydroxyl groups excluding tert-OH is 5. The molecular formula is C9H18O9S2-2. The van der Waals surface area contributed by atoms with Gasteiger partial charge in [0.2, 0.25) is 0 Å². The Labute approximate surface area is 120 Å². The summed E-state index contributed by atoms with van der Waals surface area (Å²) in [4.78, 5) is 0. The van der Waals surface area contributed by atoms with Gasteiger partial charge in [0.1, 0.15) is 35.9 Å². The molecule has 0 spiro atoms. The number of hydrogen-bond acceptors (Lipinski definition) is 9. The van der Waals surface area contributed by atoms with Crippen LogP contribution in [0.2, 0.25) is 0 Å². The highest BCUT2D eigenvalue weighted by molar-refractivity contribution is 8.14. The third-order valence-electron chi connectivity index (χ3n) is 3.00. The van der Waals surface area contributed by atoms with Crippen molar-refractivity contribution in [1.29, 1.82) is 0 Å². The van der Waals surface area contributed by atoms with Gasteiger partial charge in [-0.15, -0.1) is 0 Å². The highest BCUT2D eigenvalue weighted by atomic mass is 32.3. The molecule has 122 valence electrons. The highest BCUT2D eigenvalue weighted by Crippen LogP contribution is 2.36. The number of rotatable bonds is 7. The topological polar surface area (TPSA) is 180 Å². The van der Waals surface area contributed by atoms with E-state index in [1.54, 1.807) is 0 Å². The molecule has 9 nitrogen and oxygen atoms in total. The number of aliphatic hydroxyl groups is 5. The van der Waals surface area contributed by atoms with Crippen LogP contribution in [0, 0.1) is 0 Å². The molecular weight excluding hydrogens is 316 g/mol. The van der Waals surface area contributed by atoms with Gasteiger partial charge in [-0.2, -0.15) is 0 Å². The maximum Gasteiger partial charge on any atom is 0.169 e. The van der Waals surface area contributed by atoms with Crippen LogP contribution in [0.3, 0.4) is 0 Å². The fourth-order valence-corrected chi connectivity index (χ4v) is 5.18. The molecule has 11 heteroatoms. The van der Waals surface area contributed by atoms with Crippen molar-refractivity contribution in [3.63, 3.8) is 0 Å². The SMILES string of the molecule is [O-]S([O-])([O-])OC(CO)[C@H](O)C[S+]1C[C@@H](O)[C@H](O)[C@H]1CO. The maximum absolute atomic E-state index is 10.4. The molecule has 1 saturated heterocycles. The molecule has 0 radical (unpaired) electrons. The minimum Gasteiger partial charge on any atom is -0.815 e. The van der Waals surface area contributed by atoms with Gasteiger partial charge >= 0.3 is 0 Å². The molecule has 0 bridgehead atoms. The van der Waals surface area contributed by atoms with Crippen LogP contribution in [0.1, 0.15) is 0 Å². The lowest BCUT2D eigenvalue weighted by atomic mass is 10.2. The average molecular weight is 334 g/mol. The summed E-state index contributed by atoms with van der Waals surface area (Å²) in [6.07, 6.45) is -5.26. The molecule has 0 aromatic heterocycles. The molecule has 5 N–H and O–H groups in total. The predicted octanol–water partition coefficient (Wildman–Crippen LogP) is -3.45. The molecule has 1 fully saturated rings. The van der Waals surface area contributed by atoms with Gasteiger partial charge in [0.15, 0.2) is 5.25 Å². The van der Waals surface area contributed by atoms with Gasteiger partial charge in [0.05, 0.1) is 13.2 Å². The Bertz CT molecular complexity index is 300. The minimum atomic E-state index is -5.07. The van der Waals surface area contributed by atoms with Crippen molar-refractivity contribution in [2.45, 2.75) is 29.7 Å². The molecule has 2 unspecified atom stereocenters. The van der Waals surface area contributed by atoms with E-state index in [1.807, 2.05) is 0 Å². The smallest absolute Gasteiger partial charge is 0.169 e. The van der Waals surface area contributed by atoms with E-state index < -0.39 is 64.9 Å². The van der Waals surface area contributed by atoms with Crippen molar-refractivity contribution < 1.29 is 43.4 Å². The van der Waals surface area contributed by atoms with Crippen LogP contribution in [-0.4, -0.2) is 93.6 Å². The Balaban J connectivity index is 2.62. The van der Waals surface area contributed by atoms with E-state index in [0.717, 1.165) is 0 Å². The molecule has 20 heavy (non-hydrogen) atoms. The second-order valence-corrected chi connectivity index (χ2v) is 7.80. The Morgan fingerprint density at radius 2 is 1.85 bits per heavy atom. The van der Waals surface area contributed by atoms with Crippen molar-refractivity contribution in [3.05, 3.63) is 0 Å². The van der Waals surface area contributed by atoms with Crippen LogP contribution in [-0.2, 0) is 15.1 Å². The second kappa shape index (κ2) is 7.56. The van der Waals surface area contributed by atoms with Gasteiger partial charge in [0.25, 0.3) is 0 Å². The Kier molecular flexibility index (Phi) is 6.95. The minimum absolute atomic E-state index is 0.111. The van der Waals surface area contributed by atoms with Crippen LogP contribution in [0.5, 0.6) is 0 Å². The molecule has 0 aromatic carbocycles. The highest BCUT2D eigenvalue weighted by Gasteiger charge is 2.50. The lowest BCUT2D eigenvalue weighted by Crippen LogP contribution is -2.42. The van der Waals surface area contributed by atoms with Crippen LogP contribution >= 0.6 is 11.2 Å². The van der Waals surface area contributed by atoms with Crippen molar-refractivity contribution >= 4 is 22.0 Å². The van der Waals surface area contributed by atoms with Crippen LogP contribution < -0.4 is 0 Å². The monoisotopic (exact) mass is 334 g/mol. The standard InChI is InChI=1S/C9H20O9S2/c10-1-7(18-20(15,16)17)5(12)3-19-4-6(13)9(14)8(19)2-11/h5-14H,1-4H2,(H2-,15,16,17)/p-2/t5-,6-,7?,8-,9+,19?/m1/s1. The second-order valence-electron chi connectivity index (χ2n) is 4.44. The fraction of sp³-hybridized carbons (Fsp3) is 1.00. The first-order chi connectivity index (χ1) is 9.19. The number of hydrogen-bond donors (Lipinski definition) is 5. The Morgan fingerprint density at radius 1 is 1.25 bits per heavy atom. The quantitative estimate of drug-likeness (QED) is 0.296. The van der Waals surface area contributed by atoms with Gasteiger partial charge < -0.3 is 54.5 Å². The van der Waals surface area contributed by atoms with Gasteiger partial charge in [-0.1, -0.05) is 0 Å². The Hall–Kier alpha value is 0.340. The first kappa shape index (κ1) is 18.4. The molecule has 1 aliphatic rings. The summed E-state index contributed by atoms with van der Waals surface area (Å²) in [6, 6.07) is 0. The lowest BCUT2D eigenvalue weighted by Gasteiger charge is -2.63. The van der Waals surface area contributed by atoms with E-state index in [2.05, 4.69) is 4.18 Å². The van der Waals surface area contributed by atoms with Crippen LogP contribution in [0.25, 0.3) is 0 Å². The Morgan fingerprint density at radius 3 is 2.30 bits per heavy atom. The van der Waals surface area contributed by atoms with E-state index in [4.69, 9.17) is 10.2 Å². The van der Waals surface area contributed by atoms with E-state index in [9.17, 15) is 29.0 Å². The van der Waals surface area contributed by atoms with Crippen molar-refractivity contribution in [3.8, 4) is 0 Å². The summed E-state index contributed by atoms with van der Waals surface area (Å²) in [5.41, 5.74) is 0. The van der Waals surface area contributed by atoms with E-state index in [1.165, 1.54) is 0 Å². The third-order valence-corrected chi connectivity index (χ3v) is 6.31. The lowest BCUT2D eigenvalue weighted by molar-refractivity contribution is -0.00352. The summed E-state index contributed by atoms with van der Waals surface area (Å²) >= 11 is -5.07. The van der Waals surface area contributed by atoms with Gasteiger partial charge in [-0.05, 0) is 0 Å². The van der Waals surface area contributed by atoms with Crippen molar-refractivity contribution in [2.75, 3.05) is 24.7 Å². The van der Waals surface area contributed by atoms with Crippen LogP contribution in [0.4, 0.5) is 0 Å². The first-order valence-corrected chi connectivity index (χ1v) is 8.71. The molecule has 0 saturated carbocycles. The van der Waals surface area contributed by atoms with E-state index in [-0.39, 0.29) is 11.5 Å². The normalized spacial score (nSPS) is 35.0. The zero-order chi connectivity index (χ0) is 15.5. The third kappa shape index (κ3) is 4.96. The molecule has 1 rings (SSSR count). The van der Waals surface area contributed by atoms with Crippen molar-refractivity contribution in [2.24, 2.45) is 0 Å².